The van der Waals surface area contributed by atoms with Gasteiger partial charge in [-0.2, -0.15) is 0 Å². The number of pyridine rings is 1. The number of aromatic nitrogens is 1. The van der Waals surface area contributed by atoms with Crippen molar-refractivity contribution in [3.8, 4) is 5.75 Å². The van der Waals surface area contributed by atoms with E-state index in [0.717, 1.165) is 17.7 Å². The fraction of sp³-hybridized carbons (Fsp3) is 0.176. The summed E-state index contributed by atoms with van der Waals surface area (Å²) in [7, 11) is 1.62. The Morgan fingerprint density at radius 1 is 1.26 bits per heavy atom. The van der Waals surface area contributed by atoms with Crippen molar-refractivity contribution in [2.75, 3.05) is 11.4 Å². The molecule has 3 heterocycles. The maximum absolute atomic E-state index is 12.9. The molecule has 4 rings (SSSR count). The predicted octanol–water partition coefficient (Wildman–Crippen LogP) is 2.51. The van der Waals surface area contributed by atoms with Gasteiger partial charge in [-0.1, -0.05) is 18.2 Å². The third kappa shape index (κ3) is 1.91. The highest BCUT2D eigenvalue weighted by atomic mass is 32.1. The number of nitrogens with zero attached hydrogens (tertiary/aromatic N) is 2. The SMILES string of the molecule is Cn1c(=O)c(C(=O)N2CCc3ccccc32)c(O)c2sccc21. The molecule has 0 fully saturated rings. The van der Waals surface area contributed by atoms with E-state index in [0.29, 0.717) is 16.8 Å². The van der Waals surface area contributed by atoms with Crippen molar-refractivity contribution in [3.63, 3.8) is 0 Å². The first kappa shape index (κ1) is 14.0. The second-order valence-corrected chi connectivity index (χ2v) is 6.47. The minimum Gasteiger partial charge on any atom is -0.505 e. The molecular formula is C17H14N2O3S. The smallest absolute Gasteiger partial charge is 0.267 e. The van der Waals surface area contributed by atoms with Crippen LogP contribution in [0.25, 0.3) is 10.2 Å². The molecule has 116 valence electrons. The number of thiophene rings is 1. The van der Waals surface area contributed by atoms with Crippen LogP contribution in [-0.4, -0.2) is 22.1 Å². The third-order valence-electron chi connectivity index (χ3n) is 4.32. The molecule has 2 aromatic heterocycles. The van der Waals surface area contributed by atoms with Crippen LogP contribution in [0.4, 0.5) is 5.69 Å². The Hall–Kier alpha value is -2.60. The molecule has 0 bridgehead atoms. The van der Waals surface area contributed by atoms with Gasteiger partial charge in [-0.05, 0) is 29.5 Å². The summed E-state index contributed by atoms with van der Waals surface area (Å²) in [6.45, 7) is 0.517. The van der Waals surface area contributed by atoms with Gasteiger partial charge in [0.2, 0.25) is 0 Å². The number of fused-ring (bicyclic) bond motifs is 2. The summed E-state index contributed by atoms with van der Waals surface area (Å²) < 4.78 is 1.98. The van der Waals surface area contributed by atoms with Crippen molar-refractivity contribution >= 4 is 33.1 Å². The highest BCUT2D eigenvalue weighted by Gasteiger charge is 2.30. The molecule has 1 amide bonds. The Morgan fingerprint density at radius 3 is 2.87 bits per heavy atom. The van der Waals surface area contributed by atoms with Gasteiger partial charge in [-0.25, -0.2) is 0 Å². The highest BCUT2D eigenvalue weighted by molar-refractivity contribution is 7.17. The molecule has 6 heteroatoms. The number of amides is 1. The van der Waals surface area contributed by atoms with Crippen molar-refractivity contribution < 1.29 is 9.90 Å². The van der Waals surface area contributed by atoms with Crippen molar-refractivity contribution in [3.05, 3.63) is 57.2 Å². The van der Waals surface area contributed by atoms with E-state index >= 15 is 0 Å². The molecule has 23 heavy (non-hydrogen) atoms. The normalized spacial score (nSPS) is 13.5. The average Bonchev–Trinajstić information content (AvgIpc) is 3.20. The predicted molar refractivity (Wildman–Crippen MR) is 90.6 cm³/mol. The Bertz CT molecular complexity index is 1000. The molecule has 0 aliphatic carbocycles. The van der Waals surface area contributed by atoms with Crippen LogP contribution in [0.1, 0.15) is 15.9 Å². The molecule has 3 aromatic rings. The van der Waals surface area contributed by atoms with Gasteiger partial charge in [0.25, 0.3) is 11.5 Å². The van der Waals surface area contributed by atoms with E-state index in [4.69, 9.17) is 0 Å². The van der Waals surface area contributed by atoms with Crippen molar-refractivity contribution in [2.24, 2.45) is 7.05 Å². The van der Waals surface area contributed by atoms with Gasteiger partial charge < -0.3 is 14.6 Å². The molecular weight excluding hydrogens is 312 g/mol. The van der Waals surface area contributed by atoms with Gasteiger partial charge in [-0.3, -0.25) is 9.59 Å². The molecule has 1 N–H and O–H groups in total. The van der Waals surface area contributed by atoms with Crippen molar-refractivity contribution in [1.82, 2.24) is 4.57 Å². The number of aromatic hydroxyl groups is 1. The summed E-state index contributed by atoms with van der Waals surface area (Å²) >= 11 is 1.32. The first-order chi connectivity index (χ1) is 11.1. The Kier molecular flexibility index (Phi) is 3.02. The topological polar surface area (TPSA) is 62.5 Å². The quantitative estimate of drug-likeness (QED) is 0.747. The van der Waals surface area contributed by atoms with Crippen LogP contribution in [0.5, 0.6) is 5.75 Å². The average molecular weight is 326 g/mol. The van der Waals surface area contributed by atoms with Gasteiger partial charge in [-0.15, -0.1) is 11.3 Å². The minimum atomic E-state index is -0.470. The van der Waals surface area contributed by atoms with Crippen LogP contribution in [0.3, 0.4) is 0 Å². The lowest BCUT2D eigenvalue weighted by molar-refractivity contribution is 0.0985. The van der Waals surface area contributed by atoms with E-state index in [1.54, 1.807) is 23.4 Å². The summed E-state index contributed by atoms with van der Waals surface area (Å²) in [4.78, 5) is 27.1. The number of hydrogen-bond donors (Lipinski definition) is 1. The van der Waals surface area contributed by atoms with E-state index in [-0.39, 0.29) is 11.3 Å². The van der Waals surface area contributed by atoms with Crippen LogP contribution >= 0.6 is 11.3 Å². The van der Waals surface area contributed by atoms with Crippen molar-refractivity contribution in [2.45, 2.75) is 6.42 Å². The minimum absolute atomic E-state index is 0.154. The molecule has 0 saturated heterocycles. The number of rotatable bonds is 1. The van der Waals surface area contributed by atoms with Crippen LogP contribution in [-0.2, 0) is 13.5 Å². The van der Waals surface area contributed by atoms with E-state index in [9.17, 15) is 14.7 Å². The van der Waals surface area contributed by atoms with Gasteiger partial charge in [0.1, 0.15) is 5.56 Å². The second-order valence-electron chi connectivity index (χ2n) is 5.56. The van der Waals surface area contributed by atoms with Gasteiger partial charge in [0.05, 0.1) is 10.2 Å². The fourth-order valence-electron chi connectivity index (χ4n) is 3.11. The Labute approximate surface area is 136 Å². The maximum atomic E-state index is 12.9. The number of aryl methyl sites for hydroxylation is 1. The van der Waals surface area contributed by atoms with Crippen molar-refractivity contribution in [1.29, 1.82) is 0 Å². The summed E-state index contributed by atoms with van der Waals surface area (Å²) in [6, 6.07) is 9.40. The number of carbonyl (C=O) groups is 1. The number of para-hydroxylation sites is 1. The molecule has 0 atom stereocenters. The molecule has 1 aliphatic heterocycles. The first-order valence-electron chi connectivity index (χ1n) is 7.28. The first-order valence-corrected chi connectivity index (χ1v) is 8.16. The Balaban J connectivity index is 1.90. The van der Waals surface area contributed by atoms with E-state index in [1.165, 1.54) is 15.9 Å². The summed E-state index contributed by atoms with van der Waals surface area (Å²) in [5.74, 6) is -0.657. The molecule has 1 aromatic carbocycles. The number of carbonyl (C=O) groups excluding carboxylic acids is 1. The fourth-order valence-corrected chi connectivity index (χ4v) is 3.99. The summed E-state index contributed by atoms with van der Waals surface area (Å²) in [6.07, 6.45) is 0.754. The molecule has 0 radical (unpaired) electrons. The summed E-state index contributed by atoms with van der Waals surface area (Å²) in [5, 5.41) is 12.3. The summed E-state index contributed by atoms with van der Waals surface area (Å²) in [5.41, 5.74) is 1.90. The van der Waals surface area contributed by atoms with Gasteiger partial charge in [0.15, 0.2) is 5.75 Å². The van der Waals surface area contributed by atoms with Gasteiger partial charge >= 0.3 is 0 Å². The van der Waals surface area contributed by atoms with Crippen LogP contribution in [0.15, 0.2) is 40.5 Å². The largest absolute Gasteiger partial charge is 0.505 e. The third-order valence-corrected chi connectivity index (χ3v) is 5.23. The zero-order valence-corrected chi connectivity index (χ0v) is 13.3. The molecule has 5 nitrogen and oxygen atoms in total. The lowest BCUT2D eigenvalue weighted by Gasteiger charge is -2.18. The zero-order chi connectivity index (χ0) is 16.1. The number of benzene rings is 1. The van der Waals surface area contributed by atoms with E-state index < -0.39 is 11.5 Å². The standard InChI is InChI=1S/C17H14N2O3S/c1-18-12-7-9-23-15(12)14(20)13(16(18)21)17(22)19-8-6-10-4-2-3-5-11(10)19/h2-5,7,9,20H,6,8H2,1H3. The maximum Gasteiger partial charge on any atom is 0.267 e. The van der Waals surface area contributed by atoms with Gasteiger partial charge in [0, 0.05) is 19.3 Å². The van der Waals surface area contributed by atoms with Crippen LogP contribution in [0, 0.1) is 0 Å². The monoisotopic (exact) mass is 326 g/mol. The van der Waals surface area contributed by atoms with E-state index in [2.05, 4.69) is 0 Å². The number of hydrogen-bond acceptors (Lipinski definition) is 4. The molecule has 0 unspecified atom stereocenters. The molecule has 1 aliphatic rings. The zero-order valence-electron chi connectivity index (χ0n) is 12.4. The second kappa shape index (κ2) is 4.96. The molecule has 0 spiro atoms. The number of anilines is 1. The van der Waals surface area contributed by atoms with Crippen LogP contribution in [0.2, 0.25) is 0 Å². The lowest BCUT2D eigenvalue weighted by atomic mass is 10.1. The highest BCUT2D eigenvalue weighted by Crippen LogP contribution is 2.34. The van der Waals surface area contributed by atoms with E-state index in [1.807, 2.05) is 24.3 Å². The lowest BCUT2D eigenvalue weighted by Crippen LogP contribution is -2.35. The van der Waals surface area contributed by atoms with Crippen LogP contribution < -0.4 is 10.5 Å². The Morgan fingerprint density at radius 2 is 2.04 bits per heavy atom. The molecule has 0 saturated carbocycles.